The van der Waals surface area contributed by atoms with Crippen LogP contribution in [0.1, 0.15) is 37.0 Å². The Hall–Kier alpha value is -2.30. The molecule has 0 amide bonds. The van der Waals surface area contributed by atoms with E-state index in [0.29, 0.717) is 25.6 Å². The summed E-state index contributed by atoms with van der Waals surface area (Å²) in [4.78, 5) is 13.3. The molecule has 2 aromatic rings. The topological polar surface area (TPSA) is 49.8 Å². The smallest absolute Gasteiger partial charge is 0.309 e. The van der Waals surface area contributed by atoms with Crippen LogP contribution in [0.25, 0.3) is 5.57 Å². The van der Waals surface area contributed by atoms with Gasteiger partial charge in [-0.2, -0.15) is 0 Å². The molecule has 2 aromatic carbocycles. The molecule has 1 saturated heterocycles. The fourth-order valence-corrected chi connectivity index (χ4v) is 4.67. The molecule has 1 aliphatic carbocycles. The normalized spacial score (nSPS) is 17.8. The summed E-state index contributed by atoms with van der Waals surface area (Å²) in [6, 6.07) is 14.5. The van der Waals surface area contributed by atoms with Gasteiger partial charge in [0.05, 0.1) is 12.5 Å². The lowest BCUT2D eigenvalue weighted by atomic mass is 9.85. The molecule has 4 rings (SSSR count). The molecule has 1 heterocycles. The molecular formula is C26H30ClNO3. The highest BCUT2D eigenvalue weighted by molar-refractivity contribution is 6.30. The number of likely N-dealkylation sites (tertiary alicyclic amines) is 1. The molecule has 2 aliphatic rings. The Morgan fingerprint density at radius 1 is 1.19 bits per heavy atom. The van der Waals surface area contributed by atoms with E-state index in [4.69, 9.17) is 21.4 Å². The van der Waals surface area contributed by atoms with Gasteiger partial charge in [-0.3, -0.25) is 9.69 Å². The summed E-state index contributed by atoms with van der Waals surface area (Å²) in [5, 5.41) is 9.84. The van der Waals surface area contributed by atoms with E-state index in [-0.39, 0.29) is 5.92 Å². The average Bonchev–Trinajstić information content (AvgIpc) is 2.71. The minimum atomic E-state index is -0.675. The molecule has 0 saturated carbocycles. The number of benzene rings is 2. The van der Waals surface area contributed by atoms with E-state index in [1.165, 1.54) is 27.8 Å². The fraction of sp³-hybridized carbons (Fsp3) is 0.423. The van der Waals surface area contributed by atoms with Crippen molar-refractivity contribution in [1.82, 2.24) is 4.90 Å². The molecule has 1 fully saturated rings. The first-order valence-electron chi connectivity index (χ1n) is 11.0. The number of halogens is 1. The summed E-state index contributed by atoms with van der Waals surface area (Å²) in [5.74, 6) is 0.478. The molecule has 0 unspecified atom stereocenters. The first kappa shape index (κ1) is 21.9. The fourth-order valence-electron chi connectivity index (χ4n) is 4.54. The van der Waals surface area contributed by atoms with Gasteiger partial charge in [-0.05, 0) is 78.6 Å². The second-order valence-corrected chi connectivity index (χ2v) is 9.46. The van der Waals surface area contributed by atoms with Crippen molar-refractivity contribution in [2.45, 2.75) is 33.1 Å². The standard InChI is InChI=1S/C26H30ClNO3/c1-17(11-19-3-7-23(27)8-4-19)16-31-24-9-10-25-18(2)21(6-5-20(25)12-24)13-28-14-22(15-28)26(29)30/h3-4,7-10,12,17,22H,5-6,11,13-16H2,1-2H3,(H,29,30)/t17-/m0/s1. The van der Waals surface area contributed by atoms with Crippen LogP contribution in [-0.4, -0.2) is 42.2 Å². The van der Waals surface area contributed by atoms with E-state index >= 15 is 0 Å². The van der Waals surface area contributed by atoms with Gasteiger partial charge in [0, 0.05) is 24.7 Å². The van der Waals surface area contributed by atoms with Crippen molar-refractivity contribution in [3.63, 3.8) is 0 Å². The second-order valence-electron chi connectivity index (χ2n) is 9.02. The third-order valence-corrected chi connectivity index (χ3v) is 6.71. The zero-order valence-corrected chi connectivity index (χ0v) is 19.0. The van der Waals surface area contributed by atoms with Crippen LogP contribution >= 0.6 is 11.6 Å². The monoisotopic (exact) mass is 439 g/mol. The molecule has 1 aliphatic heterocycles. The second kappa shape index (κ2) is 9.46. The lowest BCUT2D eigenvalue weighted by Crippen LogP contribution is -2.50. The van der Waals surface area contributed by atoms with E-state index < -0.39 is 5.97 Å². The average molecular weight is 440 g/mol. The van der Waals surface area contributed by atoms with Gasteiger partial charge in [0.1, 0.15) is 5.75 Å². The highest BCUT2D eigenvalue weighted by Gasteiger charge is 2.33. The maximum atomic E-state index is 11.0. The zero-order valence-electron chi connectivity index (χ0n) is 18.2. The van der Waals surface area contributed by atoms with Gasteiger partial charge in [0.25, 0.3) is 0 Å². The molecule has 0 spiro atoms. The summed E-state index contributed by atoms with van der Waals surface area (Å²) in [6.07, 6.45) is 3.01. The number of allylic oxidation sites excluding steroid dienone is 1. The molecule has 0 bridgehead atoms. The number of carbonyl (C=O) groups is 1. The van der Waals surface area contributed by atoms with E-state index in [1.807, 2.05) is 12.1 Å². The highest BCUT2D eigenvalue weighted by atomic mass is 35.5. The Morgan fingerprint density at radius 3 is 2.65 bits per heavy atom. The van der Waals surface area contributed by atoms with Gasteiger partial charge < -0.3 is 9.84 Å². The Bertz CT molecular complexity index is 977. The predicted molar refractivity (Wildman–Crippen MR) is 125 cm³/mol. The number of hydrogen-bond donors (Lipinski definition) is 1. The van der Waals surface area contributed by atoms with Crippen molar-refractivity contribution >= 4 is 23.1 Å². The molecule has 4 nitrogen and oxygen atoms in total. The predicted octanol–water partition coefficient (Wildman–Crippen LogP) is 5.33. The van der Waals surface area contributed by atoms with Crippen LogP contribution in [0.4, 0.5) is 0 Å². The largest absolute Gasteiger partial charge is 0.493 e. The highest BCUT2D eigenvalue weighted by Crippen LogP contribution is 2.34. The number of nitrogens with zero attached hydrogens (tertiary/aromatic N) is 1. The van der Waals surface area contributed by atoms with Crippen molar-refractivity contribution in [2.24, 2.45) is 11.8 Å². The van der Waals surface area contributed by atoms with Gasteiger partial charge in [0.15, 0.2) is 0 Å². The Labute approximate surface area is 189 Å². The summed E-state index contributed by atoms with van der Waals surface area (Å²) in [7, 11) is 0. The van der Waals surface area contributed by atoms with Gasteiger partial charge in [0.2, 0.25) is 0 Å². The van der Waals surface area contributed by atoms with E-state index in [9.17, 15) is 4.79 Å². The van der Waals surface area contributed by atoms with E-state index in [2.05, 4.69) is 49.1 Å². The number of ether oxygens (including phenoxy) is 1. The lowest BCUT2D eigenvalue weighted by molar-refractivity contribution is -0.147. The maximum absolute atomic E-state index is 11.0. The van der Waals surface area contributed by atoms with Gasteiger partial charge in [-0.15, -0.1) is 0 Å². The molecule has 31 heavy (non-hydrogen) atoms. The number of aryl methyl sites for hydroxylation is 1. The minimum Gasteiger partial charge on any atom is -0.493 e. The van der Waals surface area contributed by atoms with Gasteiger partial charge >= 0.3 is 5.97 Å². The number of fused-ring (bicyclic) bond motifs is 1. The summed E-state index contributed by atoms with van der Waals surface area (Å²) < 4.78 is 6.11. The lowest BCUT2D eigenvalue weighted by Gasteiger charge is -2.38. The zero-order chi connectivity index (χ0) is 22.0. The molecule has 5 heteroatoms. The maximum Gasteiger partial charge on any atom is 0.309 e. The van der Waals surface area contributed by atoms with Crippen LogP contribution in [0, 0.1) is 11.8 Å². The van der Waals surface area contributed by atoms with Gasteiger partial charge in [-0.1, -0.05) is 42.3 Å². The molecular weight excluding hydrogens is 410 g/mol. The van der Waals surface area contributed by atoms with Crippen LogP contribution in [0.5, 0.6) is 5.75 Å². The number of aliphatic carboxylic acids is 1. The van der Waals surface area contributed by atoms with Crippen molar-refractivity contribution in [3.05, 3.63) is 69.8 Å². The number of carboxylic acids is 1. The minimum absolute atomic E-state index is 0.196. The summed E-state index contributed by atoms with van der Waals surface area (Å²) in [6.45, 7) is 7.30. The Balaban J connectivity index is 1.33. The molecule has 1 atom stereocenters. The molecule has 164 valence electrons. The van der Waals surface area contributed by atoms with Gasteiger partial charge in [-0.25, -0.2) is 0 Å². The van der Waals surface area contributed by atoms with Crippen molar-refractivity contribution in [3.8, 4) is 5.75 Å². The number of rotatable bonds is 8. The van der Waals surface area contributed by atoms with E-state index in [0.717, 1.165) is 36.6 Å². The molecule has 0 radical (unpaired) electrons. The third kappa shape index (κ3) is 5.31. The number of hydrogen-bond acceptors (Lipinski definition) is 3. The van der Waals surface area contributed by atoms with Crippen molar-refractivity contribution in [1.29, 1.82) is 0 Å². The van der Waals surface area contributed by atoms with Crippen LogP contribution in [0.3, 0.4) is 0 Å². The first-order valence-corrected chi connectivity index (χ1v) is 11.4. The van der Waals surface area contributed by atoms with Crippen LogP contribution in [0.15, 0.2) is 48.0 Å². The quantitative estimate of drug-likeness (QED) is 0.603. The first-order chi connectivity index (χ1) is 14.9. The SMILES string of the molecule is CC1=C(CN2CC(C(=O)O)C2)CCc2cc(OC[C@@H](C)Cc3ccc(Cl)cc3)ccc21. The van der Waals surface area contributed by atoms with Crippen LogP contribution in [0.2, 0.25) is 5.02 Å². The third-order valence-electron chi connectivity index (χ3n) is 6.46. The molecule has 0 aromatic heterocycles. The molecule has 1 N–H and O–H groups in total. The van der Waals surface area contributed by atoms with Crippen LogP contribution < -0.4 is 4.74 Å². The van der Waals surface area contributed by atoms with E-state index in [1.54, 1.807) is 0 Å². The van der Waals surface area contributed by atoms with Crippen molar-refractivity contribution < 1.29 is 14.6 Å². The Kier molecular flexibility index (Phi) is 6.68. The number of carboxylic acid groups (broad SMARTS) is 1. The van der Waals surface area contributed by atoms with Crippen molar-refractivity contribution in [2.75, 3.05) is 26.2 Å². The summed E-state index contributed by atoms with van der Waals surface area (Å²) >= 11 is 5.97. The van der Waals surface area contributed by atoms with Crippen LogP contribution in [-0.2, 0) is 17.6 Å². The Morgan fingerprint density at radius 2 is 1.94 bits per heavy atom. The summed E-state index contributed by atoms with van der Waals surface area (Å²) in [5.41, 5.74) is 6.69.